The number of rotatable bonds is 3. The van der Waals surface area contributed by atoms with Crippen LogP contribution < -0.4 is 0 Å². The van der Waals surface area contributed by atoms with Crippen molar-refractivity contribution in [3.05, 3.63) is 0 Å². The Hall–Kier alpha value is -0.250. The summed E-state index contributed by atoms with van der Waals surface area (Å²) >= 11 is 0. The first-order valence-corrected chi connectivity index (χ1v) is 4.22. The molecule has 12 heavy (non-hydrogen) atoms. The summed E-state index contributed by atoms with van der Waals surface area (Å²) in [5.41, 5.74) is 0. The van der Waals surface area contributed by atoms with Gasteiger partial charge in [-0.1, -0.05) is 6.42 Å². The second-order valence-corrected chi connectivity index (χ2v) is 3.61. The van der Waals surface area contributed by atoms with Crippen molar-refractivity contribution in [3.63, 3.8) is 0 Å². The Labute approximate surface area is 70.5 Å². The number of halogens is 3. The summed E-state index contributed by atoms with van der Waals surface area (Å²) in [5, 5.41) is 0. The van der Waals surface area contributed by atoms with Crippen molar-refractivity contribution in [1.82, 2.24) is 4.90 Å². The van der Waals surface area contributed by atoms with Gasteiger partial charge in [-0.05, 0) is 25.8 Å². The van der Waals surface area contributed by atoms with Crippen LogP contribution in [-0.2, 0) is 0 Å². The van der Waals surface area contributed by atoms with Crippen LogP contribution in [0.25, 0.3) is 0 Å². The van der Waals surface area contributed by atoms with E-state index in [1.54, 1.807) is 0 Å². The molecule has 0 aromatic rings. The molecule has 1 fully saturated rings. The van der Waals surface area contributed by atoms with Gasteiger partial charge in [0.2, 0.25) is 0 Å². The van der Waals surface area contributed by atoms with E-state index in [1.165, 1.54) is 18.4 Å². The molecule has 0 radical (unpaired) electrons. The summed E-state index contributed by atoms with van der Waals surface area (Å²) in [7, 11) is 1.53. The maximum Gasteiger partial charge on any atom is 0.401 e. The van der Waals surface area contributed by atoms with Crippen molar-refractivity contribution in [2.75, 3.05) is 20.1 Å². The first-order chi connectivity index (χ1) is 5.47. The Kier molecular flexibility index (Phi) is 2.99. The molecule has 72 valence electrons. The lowest BCUT2D eigenvalue weighted by molar-refractivity contribution is -0.144. The molecular formula is C8H14F3N. The average Bonchev–Trinajstić information content (AvgIpc) is 1.74. The Morgan fingerprint density at radius 1 is 1.33 bits per heavy atom. The third-order valence-electron chi connectivity index (χ3n) is 2.24. The maximum atomic E-state index is 11.8. The first kappa shape index (κ1) is 9.84. The van der Waals surface area contributed by atoms with Crippen molar-refractivity contribution in [2.24, 2.45) is 5.92 Å². The zero-order valence-electron chi connectivity index (χ0n) is 7.19. The summed E-state index contributed by atoms with van der Waals surface area (Å²) in [5.74, 6) is 0.511. The fourth-order valence-electron chi connectivity index (χ4n) is 1.49. The third-order valence-corrected chi connectivity index (χ3v) is 2.24. The van der Waals surface area contributed by atoms with Crippen molar-refractivity contribution in [3.8, 4) is 0 Å². The van der Waals surface area contributed by atoms with Crippen LogP contribution in [0.5, 0.6) is 0 Å². The maximum absolute atomic E-state index is 11.8. The van der Waals surface area contributed by atoms with Gasteiger partial charge < -0.3 is 0 Å². The molecule has 0 unspecified atom stereocenters. The molecule has 0 saturated heterocycles. The molecule has 1 aliphatic carbocycles. The van der Waals surface area contributed by atoms with Crippen LogP contribution in [-0.4, -0.2) is 31.2 Å². The van der Waals surface area contributed by atoms with E-state index in [0.29, 0.717) is 12.5 Å². The first-order valence-electron chi connectivity index (χ1n) is 4.22. The number of nitrogens with zero attached hydrogens (tertiary/aromatic N) is 1. The van der Waals surface area contributed by atoms with Gasteiger partial charge in [0.1, 0.15) is 0 Å². The molecule has 0 heterocycles. The minimum absolute atomic E-state index is 0.511. The largest absolute Gasteiger partial charge is 0.401 e. The van der Waals surface area contributed by atoms with E-state index in [1.807, 2.05) is 0 Å². The molecule has 0 atom stereocenters. The van der Waals surface area contributed by atoms with Crippen molar-refractivity contribution >= 4 is 0 Å². The van der Waals surface area contributed by atoms with Gasteiger partial charge in [0, 0.05) is 6.54 Å². The number of hydrogen-bond donors (Lipinski definition) is 0. The third kappa shape index (κ3) is 3.43. The lowest BCUT2D eigenvalue weighted by Crippen LogP contribution is -2.36. The second-order valence-electron chi connectivity index (χ2n) is 3.61. The lowest BCUT2D eigenvalue weighted by atomic mass is 9.85. The van der Waals surface area contributed by atoms with Gasteiger partial charge in [-0.15, -0.1) is 0 Å². The molecule has 0 aromatic carbocycles. The van der Waals surface area contributed by atoms with Crippen LogP contribution in [0.2, 0.25) is 0 Å². The highest BCUT2D eigenvalue weighted by molar-refractivity contribution is 4.73. The smallest absolute Gasteiger partial charge is 0.298 e. The van der Waals surface area contributed by atoms with Crippen molar-refractivity contribution in [1.29, 1.82) is 0 Å². The molecule has 1 nitrogen and oxygen atoms in total. The van der Waals surface area contributed by atoms with E-state index >= 15 is 0 Å². The molecule has 0 amide bonds. The standard InChI is InChI=1S/C8H14F3N/c1-12(6-8(9,10)11)5-7-3-2-4-7/h7H,2-6H2,1H3. The van der Waals surface area contributed by atoms with Gasteiger partial charge in [0.15, 0.2) is 0 Å². The lowest BCUT2D eigenvalue weighted by Gasteiger charge is -2.30. The van der Waals surface area contributed by atoms with Crippen molar-refractivity contribution < 1.29 is 13.2 Å². The molecule has 0 bridgehead atoms. The van der Waals surface area contributed by atoms with E-state index in [0.717, 1.165) is 12.8 Å². The van der Waals surface area contributed by atoms with E-state index in [9.17, 15) is 13.2 Å². The summed E-state index contributed by atoms with van der Waals surface area (Å²) < 4.78 is 35.5. The van der Waals surface area contributed by atoms with Crippen LogP contribution in [0, 0.1) is 5.92 Å². The monoisotopic (exact) mass is 181 g/mol. The van der Waals surface area contributed by atoms with Crippen LogP contribution in [0.4, 0.5) is 13.2 Å². The van der Waals surface area contributed by atoms with E-state index < -0.39 is 12.7 Å². The van der Waals surface area contributed by atoms with E-state index in [2.05, 4.69) is 0 Å². The second kappa shape index (κ2) is 3.64. The molecule has 0 aliphatic heterocycles. The minimum atomic E-state index is -4.04. The van der Waals surface area contributed by atoms with Gasteiger partial charge in [0.05, 0.1) is 6.54 Å². The Balaban J connectivity index is 2.14. The molecular weight excluding hydrogens is 167 g/mol. The molecule has 1 saturated carbocycles. The fourth-order valence-corrected chi connectivity index (χ4v) is 1.49. The van der Waals surface area contributed by atoms with Crippen LogP contribution >= 0.6 is 0 Å². The van der Waals surface area contributed by atoms with Crippen molar-refractivity contribution in [2.45, 2.75) is 25.4 Å². The summed E-state index contributed by atoms with van der Waals surface area (Å²) in [6, 6.07) is 0. The van der Waals surface area contributed by atoms with Crippen LogP contribution in [0.1, 0.15) is 19.3 Å². The summed E-state index contributed by atoms with van der Waals surface area (Å²) in [6.07, 6.45) is -0.659. The van der Waals surface area contributed by atoms with E-state index in [-0.39, 0.29) is 0 Å². The summed E-state index contributed by atoms with van der Waals surface area (Å²) in [4.78, 5) is 1.36. The zero-order valence-corrected chi connectivity index (χ0v) is 7.19. The molecule has 0 aromatic heterocycles. The SMILES string of the molecule is CN(CC1CCC1)CC(F)(F)F. The van der Waals surface area contributed by atoms with Gasteiger partial charge >= 0.3 is 6.18 Å². The molecule has 1 rings (SSSR count). The zero-order chi connectivity index (χ0) is 9.19. The quantitative estimate of drug-likeness (QED) is 0.645. The molecule has 0 N–H and O–H groups in total. The number of alkyl halides is 3. The van der Waals surface area contributed by atoms with Gasteiger partial charge in [-0.2, -0.15) is 13.2 Å². The highest BCUT2D eigenvalue weighted by atomic mass is 19.4. The van der Waals surface area contributed by atoms with Gasteiger partial charge in [-0.3, -0.25) is 4.90 Å². The average molecular weight is 181 g/mol. The Bertz CT molecular complexity index is 140. The Morgan fingerprint density at radius 3 is 2.25 bits per heavy atom. The van der Waals surface area contributed by atoms with Crippen LogP contribution in [0.15, 0.2) is 0 Å². The van der Waals surface area contributed by atoms with Gasteiger partial charge in [0.25, 0.3) is 0 Å². The fraction of sp³-hybridized carbons (Fsp3) is 1.00. The summed E-state index contributed by atoms with van der Waals surface area (Å²) in [6.45, 7) is -0.178. The van der Waals surface area contributed by atoms with Crippen LogP contribution in [0.3, 0.4) is 0 Å². The molecule has 1 aliphatic rings. The molecule has 0 spiro atoms. The normalized spacial score (nSPS) is 19.8. The topological polar surface area (TPSA) is 3.24 Å². The van der Waals surface area contributed by atoms with Gasteiger partial charge in [-0.25, -0.2) is 0 Å². The number of hydrogen-bond acceptors (Lipinski definition) is 1. The predicted octanol–water partition coefficient (Wildman–Crippen LogP) is 2.28. The highest BCUT2D eigenvalue weighted by Crippen LogP contribution is 2.27. The Morgan fingerprint density at radius 2 is 1.92 bits per heavy atom. The molecule has 4 heteroatoms. The minimum Gasteiger partial charge on any atom is -0.298 e. The van der Waals surface area contributed by atoms with E-state index in [4.69, 9.17) is 0 Å². The predicted molar refractivity (Wildman–Crippen MR) is 40.9 cm³/mol. The highest BCUT2D eigenvalue weighted by Gasteiger charge is 2.30.